The summed E-state index contributed by atoms with van der Waals surface area (Å²) in [5.74, 6) is 0.736. The number of rotatable bonds is 8. The first-order valence-corrected chi connectivity index (χ1v) is 8.08. The zero-order chi connectivity index (χ0) is 18.8. The fourth-order valence-electron chi connectivity index (χ4n) is 2.09. The molecule has 0 saturated carbocycles. The SMILES string of the molecule is COc1ccc(CNC(=O)C(=O)NCCOc2ccc(OC)cc2)cc1. The topological polar surface area (TPSA) is 85.9 Å². The summed E-state index contributed by atoms with van der Waals surface area (Å²) in [6, 6.07) is 14.3. The molecule has 0 unspecified atom stereocenters. The van der Waals surface area contributed by atoms with Crippen molar-refractivity contribution in [2.45, 2.75) is 6.54 Å². The van der Waals surface area contributed by atoms with Gasteiger partial charge in [0.2, 0.25) is 0 Å². The summed E-state index contributed by atoms with van der Waals surface area (Å²) in [6.45, 7) is 0.739. The third-order valence-corrected chi connectivity index (χ3v) is 3.53. The molecule has 7 heteroatoms. The molecule has 0 saturated heterocycles. The van der Waals surface area contributed by atoms with Crippen molar-refractivity contribution in [1.82, 2.24) is 10.6 Å². The van der Waals surface area contributed by atoms with Crippen molar-refractivity contribution in [3.63, 3.8) is 0 Å². The number of amides is 2. The van der Waals surface area contributed by atoms with Gasteiger partial charge in [0, 0.05) is 6.54 Å². The van der Waals surface area contributed by atoms with Gasteiger partial charge in [-0.05, 0) is 42.0 Å². The fraction of sp³-hybridized carbons (Fsp3) is 0.263. The Morgan fingerprint density at radius 1 is 0.769 bits per heavy atom. The third kappa shape index (κ3) is 6.01. The second-order valence-electron chi connectivity index (χ2n) is 5.31. The Morgan fingerprint density at radius 3 is 1.85 bits per heavy atom. The summed E-state index contributed by atoms with van der Waals surface area (Å²) >= 11 is 0. The molecule has 0 aliphatic heterocycles. The first-order valence-electron chi connectivity index (χ1n) is 8.08. The maximum absolute atomic E-state index is 11.8. The molecule has 2 amide bonds. The molecule has 7 nitrogen and oxygen atoms in total. The molecule has 0 aliphatic carbocycles. The van der Waals surface area contributed by atoms with Crippen LogP contribution in [0.4, 0.5) is 0 Å². The molecule has 0 aromatic heterocycles. The summed E-state index contributed by atoms with van der Waals surface area (Å²) in [4.78, 5) is 23.5. The molecule has 0 aliphatic rings. The molecule has 2 rings (SSSR count). The summed E-state index contributed by atoms with van der Waals surface area (Å²) in [7, 11) is 3.17. The van der Waals surface area contributed by atoms with Gasteiger partial charge in [0.1, 0.15) is 23.9 Å². The maximum Gasteiger partial charge on any atom is 0.309 e. The van der Waals surface area contributed by atoms with Crippen LogP contribution in [-0.2, 0) is 16.1 Å². The van der Waals surface area contributed by atoms with E-state index < -0.39 is 11.8 Å². The molecular formula is C19H22N2O5. The van der Waals surface area contributed by atoms with E-state index in [4.69, 9.17) is 14.2 Å². The Hall–Kier alpha value is -3.22. The molecule has 2 aromatic carbocycles. The average Bonchev–Trinajstić information content (AvgIpc) is 2.70. The van der Waals surface area contributed by atoms with E-state index >= 15 is 0 Å². The molecule has 26 heavy (non-hydrogen) atoms. The molecule has 2 N–H and O–H groups in total. The molecule has 0 spiro atoms. The minimum atomic E-state index is -0.697. The molecule has 0 bridgehead atoms. The zero-order valence-electron chi connectivity index (χ0n) is 14.8. The van der Waals surface area contributed by atoms with Gasteiger partial charge in [-0.2, -0.15) is 0 Å². The van der Waals surface area contributed by atoms with E-state index in [1.807, 2.05) is 12.1 Å². The van der Waals surface area contributed by atoms with E-state index in [1.54, 1.807) is 50.6 Å². The normalized spacial score (nSPS) is 9.92. The van der Waals surface area contributed by atoms with Crippen LogP contribution in [0, 0.1) is 0 Å². The minimum Gasteiger partial charge on any atom is -0.497 e. The fourth-order valence-corrected chi connectivity index (χ4v) is 2.09. The van der Waals surface area contributed by atoms with Crippen LogP contribution in [0.25, 0.3) is 0 Å². The number of hydrogen-bond donors (Lipinski definition) is 2. The van der Waals surface area contributed by atoms with Crippen LogP contribution in [0.1, 0.15) is 5.56 Å². The van der Waals surface area contributed by atoms with E-state index in [1.165, 1.54) is 0 Å². The third-order valence-electron chi connectivity index (χ3n) is 3.53. The highest BCUT2D eigenvalue weighted by atomic mass is 16.5. The predicted octanol–water partition coefficient (Wildman–Crippen LogP) is 1.52. The molecule has 0 fully saturated rings. The molecule has 0 radical (unpaired) electrons. The summed E-state index contributed by atoms with van der Waals surface area (Å²) < 4.78 is 15.6. The van der Waals surface area contributed by atoms with Crippen LogP contribution >= 0.6 is 0 Å². The first-order chi connectivity index (χ1) is 12.6. The highest BCUT2D eigenvalue weighted by Gasteiger charge is 2.12. The Morgan fingerprint density at radius 2 is 1.27 bits per heavy atom. The number of carbonyl (C=O) groups excluding carboxylic acids is 2. The quantitative estimate of drug-likeness (QED) is 0.552. The van der Waals surface area contributed by atoms with E-state index in [2.05, 4.69) is 10.6 Å². The van der Waals surface area contributed by atoms with Gasteiger partial charge in [0.15, 0.2) is 0 Å². The van der Waals surface area contributed by atoms with Crippen molar-refractivity contribution in [3.05, 3.63) is 54.1 Å². The lowest BCUT2D eigenvalue weighted by Gasteiger charge is -2.09. The number of ether oxygens (including phenoxy) is 3. The van der Waals surface area contributed by atoms with E-state index in [0.717, 1.165) is 17.1 Å². The number of benzene rings is 2. The average molecular weight is 358 g/mol. The molecule has 138 valence electrons. The number of methoxy groups -OCH3 is 2. The van der Waals surface area contributed by atoms with E-state index in [-0.39, 0.29) is 19.7 Å². The number of hydrogen-bond acceptors (Lipinski definition) is 5. The van der Waals surface area contributed by atoms with Gasteiger partial charge in [-0.15, -0.1) is 0 Å². The molecule has 0 heterocycles. The minimum absolute atomic E-state index is 0.223. The first kappa shape index (κ1) is 19.1. The van der Waals surface area contributed by atoms with Gasteiger partial charge in [-0.1, -0.05) is 12.1 Å². The van der Waals surface area contributed by atoms with Crippen LogP contribution in [0.15, 0.2) is 48.5 Å². The number of nitrogens with one attached hydrogen (secondary N) is 2. The van der Waals surface area contributed by atoms with Gasteiger partial charge in [0.25, 0.3) is 0 Å². The predicted molar refractivity (Wildman–Crippen MR) is 96.3 cm³/mol. The number of carbonyl (C=O) groups is 2. The summed E-state index contributed by atoms with van der Waals surface area (Å²) in [5, 5.41) is 5.07. The monoisotopic (exact) mass is 358 g/mol. The van der Waals surface area contributed by atoms with Crippen molar-refractivity contribution in [2.75, 3.05) is 27.4 Å². The van der Waals surface area contributed by atoms with Crippen molar-refractivity contribution in [1.29, 1.82) is 0 Å². The van der Waals surface area contributed by atoms with Crippen molar-refractivity contribution < 1.29 is 23.8 Å². The van der Waals surface area contributed by atoms with E-state index in [9.17, 15) is 9.59 Å². The lowest BCUT2D eigenvalue weighted by atomic mass is 10.2. The molecule has 0 atom stereocenters. The van der Waals surface area contributed by atoms with Crippen LogP contribution in [0.5, 0.6) is 17.2 Å². The lowest BCUT2D eigenvalue weighted by Crippen LogP contribution is -2.41. The van der Waals surface area contributed by atoms with Gasteiger partial charge >= 0.3 is 11.8 Å². The Kier molecular flexibility index (Phi) is 7.30. The molecule has 2 aromatic rings. The lowest BCUT2D eigenvalue weighted by molar-refractivity contribution is -0.139. The maximum atomic E-state index is 11.8. The highest BCUT2D eigenvalue weighted by molar-refractivity contribution is 6.35. The van der Waals surface area contributed by atoms with Crippen molar-refractivity contribution in [2.24, 2.45) is 0 Å². The van der Waals surface area contributed by atoms with E-state index in [0.29, 0.717) is 5.75 Å². The second kappa shape index (κ2) is 9.93. The Labute approximate surface area is 152 Å². The smallest absolute Gasteiger partial charge is 0.309 e. The molecular weight excluding hydrogens is 336 g/mol. The largest absolute Gasteiger partial charge is 0.497 e. The highest BCUT2D eigenvalue weighted by Crippen LogP contribution is 2.16. The second-order valence-corrected chi connectivity index (χ2v) is 5.31. The summed E-state index contributed by atoms with van der Waals surface area (Å²) in [6.07, 6.45) is 0. The standard InChI is InChI=1S/C19H22N2O5/c1-24-15-5-3-14(4-6-15)13-21-19(23)18(22)20-11-12-26-17-9-7-16(25-2)8-10-17/h3-10H,11-13H2,1-2H3,(H,20,22)(H,21,23). The van der Waals surface area contributed by atoms with Gasteiger partial charge in [0.05, 0.1) is 20.8 Å². The summed E-state index contributed by atoms with van der Waals surface area (Å²) in [5.41, 5.74) is 0.870. The van der Waals surface area contributed by atoms with Crippen LogP contribution in [-0.4, -0.2) is 39.2 Å². The Balaban J connectivity index is 1.65. The van der Waals surface area contributed by atoms with Gasteiger partial charge in [-0.25, -0.2) is 0 Å². The van der Waals surface area contributed by atoms with Crippen molar-refractivity contribution in [3.8, 4) is 17.2 Å². The van der Waals surface area contributed by atoms with Crippen LogP contribution < -0.4 is 24.8 Å². The zero-order valence-corrected chi connectivity index (χ0v) is 14.8. The van der Waals surface area contributed by atoms with Gasteiger partial charge in [-0.3, -0.25) is 9.59 Å². The van der Waals surface area contributed by atoms with Crippen LogP contribution in [0.2, 0.25) is 0 Å². The Bertz CT molecular complexity index is 714. The van der Waals surface area contributed by atoms with Gasteiger partial charge < -0.3 is 24.8 Å². The van der Waals surface area contributed by atoms with Crippen LogP contribution in [0.3, 0.4) is 0 Å². The van der Waals surface area contributed by atoms with Crippen molar-refractivity contribution >= 4 is 11.8 Å².